The Labute approximate surface area is 114 Å². The second kappa shape index (κ2) is 4.96. The maximum atomic E-state index is 5.37. The number of benzene rings is 2. The number of rotatable bonds is 3. The van der Waals surface area contributed by atoms with Crippen LogP contribution in [0.25, 0.3) is 11.1 Å². The van der Waals surface area contributed by atoms with Gasteiger partial charge in [0.05, 0.1) is 13.2 Å². The lowest BCUT2D eigenvalue weighted by atomic mass is 9.88. The van der Waals surface area contributed by atoms with Crippen LogP contribution in [0.4, 0.5) is 5.69 Å². The smallest absolute Gasteiger partial charge is 0.119 e. The standard InChI is InChI=1S/C17H19NO/c1-3-6-16-15-11-12(19-2)9-10-13(15)14-7-4-5-8-17(14)18-16/h4-5,7-11,16,18H,3,6H2,1-2H3/t16-/m1/s1. The van der Waals surface area contributed by atoms with Crippen molar-refractivity contribution in [2.75, 3.05) is 12.4 Å². The minimum absolute atomic E-state index is 0.380. The van der Waals surface area contributed by atoms with Crippen LogP contribution in [0.5, 0.6) is 5.75 Å². The fourth-order valence-corrected chi connectivity index (χ4v) is 2.83. The Kier molecular flexibility index (Phi) is 3.16. The second-order valence-corrected chi connectivity index (χ2v) is 4.98. The molecule has 3 rings (SSSR count). The number of hydrogen-bond acceptors (Lipinski definition) is 2. The van der Waals surface area contributed by atoms with Crippen molar-refractivity contribution in [3.63, 3.8) is 0 Å². The number of nitrogens with one attached hydrogen (secondary N) is 1. The lowest BCUT2D eigenvalue weighted by molar-refractivity contribution is 0.414. The number of fused-ring (bicyclic) bond motifs is 3. The van der Waals surface area contributed by atoms with E-state index < -0.39 is 0 Å². The van der Waals surface area contributed by atoms with Gasteiger partial charge in [-0.25, -0.2) is 0 Å². The molecule has 1 aliphatic heterocycles. The highest BCUT2D eigenvalue weighted by molar-refractivity contribution is 5.84. The van der Waals surface area contributed by atoms with Gasteiger partial charge in [0.1, 0.15) is 5.75 Å². The van der Waals surface area contributed by atoms with Gasteiger partial charge in [-0.1, -0.05) is 37.6 Å². The molecule has 0 aliphatic carbocycles. The predicted octanol–water partition coefficient (Wildman–Crippen LogP) is 4.63. The maximum absolute atomic E-state index is 5.37. The summed E-state index contributed by atoms with van der Waals surface area (Å²) < 4.78 is 5.37. The van der Waals surface area contributed by atoms with Crippen LogP contribution in [0.2, 0.25) is 0 Å². The molecule has 19 heavy (non-hydrogen) atoms. The topological polar surface area (TPSA) is 21.3 Å². The van der Waals surface area contributed by atoms with E-state index >= 15 is 0 Å². The zero-order valence-electron chi connectivity index (χ0n) is 11.4. The molecule has 1 N–H and O–H groups in total. The van der Waals surface area contributed by atoms with Crippen molar-refractivity contribution in [2.45, 2.75) is 25.8 Å². The third-order valence-corrected chi connectivity index (χ3v) is 3.76. The Morgan fingerprint density at radius 1 is 1.11 bits per heavy atom. The Morgan fingerprint density at radius 2 is 1.95 bits per heavy atom. The summed E-state index contributed by atoms with van der Waals surface area (Å²) >= 11 is 0. The second-order valence-electron chi connectivity index (χ2n) is 4.98. The monoisotopic (exact) mass is 253 g/mol. The minimum atomic E-state index is 0.380. The Hall–Kier alpha value is -1.96. The van der Waals surface area contributed by atoms with Gasteiger partial charge in [0, 0.05) is 11.3 Å². The van der Waals surface area contributed by atoms with Gasteiger partial charge in [-0.05, 0) is 35.7 Å². The van der Waals surface area contributed by atoms with Crippen LogP contribution >= 0.6 is 0 Å². The highest BCUT2D eigenvalue weighted by Gasteiger charge is 2.23. The van der Waals surface area contributed by atoms with E-state index in [0.29, 0.717) is 6.04 Å². The number of ether oxygens (including phenoxy) is 1. The summed E-state index contributed by atoms with van der Waals surface area (Å²) in [6.07, 6.45) is 2.30. The van der Waals surface area contributed by atoms with Crippen LogP contribution in [-0.4, -0.2) is 7.11 Å². The molecule has 98 valence electrons. The summed E-state index contributed by atoms with van der Waals surface area (Å²) in [5.74, 6) is 0.932. The van der Waals surface area contributed by atoms with Crippen molar-refractivity contribution in [1.82, 2.24) is 0 Å². The van der Waals surface area contributed by atoms with Crippen LogP contribution in [-0.2, 0) is 0 Å². The normalized spacial score (nSPS) is 16.2. The molecular weight excluding hydrogens is 234 g/mol. The average molecular weight is 253 g/mol. The first-order valence-corrected chi connectivity index (χ1v) is 6.87. The van der Waals surface area contributed by atoms with Gasteiger partial charge in [0.2, 0.25) is 0 Å². The fourth-order valence-electron chi connectivity index (χ4n) is 2.83. The first-order valence-electron chi connectivity index (χ1n) is 6.87. The summed E-state index contributed by atoms with van der Waals surface area (Å²) in [6, 6.07) is 15.3. The van der Waals surface area contributed by atoms with E-state index in [9.17, 15) is 0 Å². The van der Waals surface area contributed by atoms with Crippen molar-refractivity contribution in [3.05, 3.63) is 48.0 Å². The number of hydrogen-bond donors (Lipinski definition) is 1. The largest absolute Gasteiger partial charge is 0.497 e. The lowest BCUT2D eigenvalue weighted by Gasteiger charge is -2.30. The molecule has 1 atom stereocenters. The van der Waals surface area contributed by atoms with Crippen molar-refractivity contribution >= 4 is 5.69 Å². The molecule has 2 heteroatoms. The molecule has 0 aromatic heterocycles. The molecule has 1 heterocycles. The zero-order valence-corrected chi connectivity index (χ0v) is 11.4. The van der Waals surface area contributed by atoms with Crippen molar-refractivity contribution in [3.8, 4) is 16.9 Å². The van der Waals surface area contributed by atoms with Crippen LogP contribution in [0, 0.1) is 0 Å². The summed E-state index contributed by atoms with van der Waals surface area (Å²) in [5.41, 5.74) is 5.19. The molecule has 0 bridgehead atoms. The first kappa shape index (κ1) is 12.1. The molecule has 0 saturated heterocycles. The van der Waals surface area contributed by atoms with Crippen molar-refractivity contribution in [2.24, 2.45) is 0 Å². The Balaban J connectivity index is 2.15. The van der Waals surface area contributed by atoms with Crippen LogP contribution < -0.4 is 10.1 Å². The van der Waals surface area contributed by atoms with Crippen LogP contribution in [0.1, 0.15) is 31.4 Å². The predicted molar refractivity (Wildman–Crippen MR) is 79.7 cm³/mol. The van der Waals surface area contributed by atoms with E-state index in [1.807, 2.05) is 6.07 Å². The van der Waals surface area contributed by atoms with Gasteiger partial charge >= 0.3 is 0 Å². The lowest BCUT2D eigenvalue weighted by Crippen LogP contribution is -2.16. The molecule has 2 aromatic rings. The summed E-state index contributed by atoms with van der Waals surface area (Å²) in [7, 11) is 1.72. The van der Waals surface area contributed by atoms with E-state index in [-0.39, 0.29) is 0 Å². The molecule has 1 aliphatic rings. The van der Waals surface area contributed by atoms with Gasteiger partial charge in [-0.3, -0.25) is 0 Å². The van der Waals surface area contributed by atoms with Gasteiger partial charge in [-0.2, -0.15) is 0 Å². The fraction of sp³-hybridized carbons (Fsp3) is 0.294. The first-order chi connectivity index (χ1) is 9.33. The number of methoxy groups -OCH3 is 1. The molecule has 2 nitrogen and oxygen atoms in total. The number of para-hydroxylation sites is 1. The van der Waals surface area contributed by atoms with Crippen LogP contribution in [0.3, 0.4) is 0 Å². The maximum Gasteiger partial charge on any atom is 0.119 e. The minimum Gasteiger partial charge on any atom is -0.497 e. The van der Waals surface area contributed by atoms with Crippen LogP contribution in [0.15, 0.2) is 42.5 Å². The third kappa shape index (κ3) is 2.07. The van der Waals surface area contributed by atoms with Gasteiger partial charge in [-0.15, -0.1) is 0 Å². The van der Waals surface area contributed by atoms with Crippen molar-refractivity contribution < 1.29 is 4.74 Å². The summed E-state index contributed by atoms with van der Waals surface area (Å²) in [5, 5.41) is 3.65. The van der Waals surface area contributed by atoms with E-state index in [0.717, 1.165) is 18.6 Å². The molecule has 0 amide bonds. The number of anilines is 1. The molecule has 0 saturated carbocycles. The van der Waals surface area contributed by atoms with E-state index in [1.54, 1.807) is 7.11 Å². The van der Waals surface area contributed by atoms with Gasteiger partial charge in [0.25, 0.3) is 0 Å². The quantitative estimate of drug-likeness (QED) is 0.861. The van der Waals surface area contributed by atoms with E-state index in [1.165, 1.54) is 22.4 Å². The molecule has 0 radical (unpaired) electrons. The molecule has 0 unspecified atom stereocenters. The Morgan fingerprint density at radius 3 is 2.74 bits per heavy atom. The summed E-state index contributed by atoms with van der Waals surface area (Å²) in [4.78, 5) is 0. The molecular formula is C17H19NO. The average Bonchev–Trinajstić information content (AvgIpc) is 2.47. The van der Waals surface area contributed by atoms with E-state index in [4.69, 9.17) is 4.74 Å². The molecule has 0 spiro atoms. The summed E-state index contributed by atoms with van der Waals surface area (Å²) in [6.45, 7) is 2.22. The molecule has 0 fully saturated rings. The van der Waals surface area contributed by atoms with Gasteiger partial charge < -0.3 is 10.1 Å². The Bertz CT molecular complexity index is 592. The van der Waals surface area contributed by atoms with E-state index in [2.05, 4.69) is 48.6 Å². The highest BCUT2D eigenvalue weighted by Crippen LogP contribution is 2.43. The van der Waals surface area contributed by atoms with Gasteiger partial charge in [0.15, 0.2) is 0 Å². The third-order valence-electron chi connectivity index (χ3n) is 3.76. The van der Waals surface area contributed by atoms with Crippen molar-refractivity contribution in [1.29, 1.82) is 0 Å². The highest BCUT2D eigenvalue weighted by atomic mass is 16.5. The SMILES string of the molecule is CCC[C@H]1Nc2ccccc2-c2ccc(OC)cc21. The molecule has 2 aromatic carbocycles. The zero-order chi connectivity index (χ0) is 13.2.